The van der Waals surface area contributed by atoms with E-state index in [2.05, 4.69) is 25.3 Å². The van der Waals surface area contributed by atoms with Crippen LogP contribution in [-0.2, 0) is 6.54 Å². The van der Waals surface area contributed by atoms with Crippen LogP contribution in [0.2, 0.25) is 0 Å². The molecule has 0 atom stereocenters. The third-order valence-electron chi connectivity index (χ3n) is 3.87. The Morgan fingerprint density at radius 1 is 1.36 bits per heavy atom. The summed E-state index contributed by atoms with van der Waals surface area (Å²) in [6.45, 7) is 5.16. The summed E-state index contributed by atoms with van der Waals surface area (Å²) in [4.78, 5) is 8.93. The van der Waals surface area contributed by atoms with E-state index in [4.69, 9.17) is 4.52 Å². The van der Waals surface area contributed by atoms with Gasteiger partial charge in [0, 0.05) is 33.3 Å². The maximum atomic E-state index is 4.86. The SMILES string of the molecule is CN=C(NCCN1CCCCCC1)N(C)Cc1ccon1.I. The fraction of sp³-hybridized carbons (Fsp3) is 0.733. The number of nitrogens with one attached hydrogen (secondary N) is 1. The number of halogens is 1. The van der Waals surface area contributed by atoms with Crippen molar-refractivity contribution in [2.24, 2.45) is 4.99 Å². The number of rotatable bonds is 5. The van der Waals surface area contributed by atoms with E-state index in [1.54, 1.807) is 6.26 Å². The minimum absolute atomic E-state index is 0. The summed E-state index contributed by atoms with van der Waals surface area (Å²) in [6.07, 6.45) is 7.03. The summed E-state index contributed by atoms with van der Waals surface area (Å²) >= 11 is 0. The minimum Gasteiger partial charge on any atom is -0.364 e. The van der Waals surface area contributed by atoms with Gasteiger partial charge in [0.2, 0.25) is 0 Å². The second-order valence-electron chi connectivity index (χ2n) is 5.58. The summed E-state index contributed by atoms with van der Waals surface area (Å²) < 4.78 is 4.86. The van der Waals surface area contributed by atoms with Crippen molar-refractivity contribution in [2.45, 2.75) is 32.2 Å². The van der Waals surface area contributed by atoms with Crippen LogP contribution in [0, 0.1) is 0 Å². The Kier molecular flexibility index (Phi) is 9.45. The van der Waals surface area contributed by atoms with Crippen LogP contribution >= 0.6 is 24.0 Å². The van der Waals surface area contributed by atoms with Gasteiger partial charge in [0.05, 0.1) is 6.54 Å². The molecule has 1 fully saturated rings. The summed E-state index contributed by atoms with van der Waals surface area (Å²) in [5.41, 5.74) is 0.910. The minimum atomic E-state index is 0. The van der Waals surface area contributed by atoms with Gasteiger partial charge in [-0.05, 0) is 25.9 Å². The number of likely N-dealkylation sites (tertiary alicyclic amines) is 1. The molecule has 0 bridgehead atoms. The highest BCUT2D eigenvalue weighted by atomic mass is 127. The van der Waals surface area contributed by atoms with E-state index < -0.39 is 0 Å². The van der Waals surface area contributed by atoms with E-state index >= 15 is 0 Å². The van der Waals surface area contributed by atoms with Crippen LogP contribution in [-0.4, -0.2) is 61.2 Å². The monoisotopic (exact) mass is 421 g/mol. The van der Waals surface area contributed by atoms with E-state index in [1.165, 1.54) is 38.8 Å². The molecule has 0 radical (unpaired) electrons. The highest BCUT2D eigenvalue weighted by Gasteiger charge is 2.11. The lowest BCUT2D eigenvalue weighted by Gasteiger charge is -2.24. The summed E-state index contributed by atoms with van der Waals surface area (Å²) in [6, 6.07) is 1.88. The maximum Gasteiger partial charge on any atom is 0.193 e. The van der Waals surface area contributed by atoms with E-state index in [9.17, 15) is 0 Å². The van der Waals surface area contributed by atoms with Crippen LogP contribution in [0.3, 0.4) is 0 Å². The van der Waals surface area contributed by atoms with Crippen molar-refractivity contribution >= 4 is 29.9 Å². The Morgan fingerprint density at radius 2 is 2.09 bits per heavy atom. The highest BCUT2D eigenvalue weighted by Crippen LogP contribution is 2.08. The topological polar surface area (TPSA) is 56.9 Å². The number of nitrogens with zero attached hydrogens (tertiary/aromatic N) is 4. The lowest BCUT2D eigenvalue weighted by molar-refractivity contribution is 0.287. The van der Waals surface area contributed by atoms with Gasteiger partial charge in [-0.3, -0.25) is 4.99 Å². The molecule has 0 spiro atoms. The van der Waals surface area contributed by atoms with Crippen LogP contribution < -0.4 is 5.32 Å². The van der Waals surface area contributed by atoms with Gasteiger partial charge in [0.25, 0.3) is 0 Å². The van der Waals surface area contributed by atoms with Crippen molar-refractivity contribution in [3.8, 4) is 0 Å². The first-order valence-electron chi connectivity index (χ1n) is 7.83. The molecule has 1 N–H and O–H groups in total. The van der Waals surface area contributed by atoms with Crippen LogP contribution in [0.1, 0.15) is 31.4 Å². The van der Waals surface area contributed by atoms with Crippen LogP contribution in [0.15, 0.2) is 21.8 Å². The molecular weight excluding hydrogens is 393 g/mol. The molecule has 0 saturated carbocycles. The molecule has 0 aromatic carbocycles. The molecule has 1 saturated heterocycles. The number of aliphatic imine (C=N–C) groups is 1. The molecule has 1 aliphatic heterocycles. The molecular formula is C15H28IN5O. The zero-order valence-corrected chi connectivity index (χ0v) is 16.0. The van der Waals surface area contributed by atoms with Crippen molar-refractivity contribution in [1.82, 2.24) is 20.3 Å². The van der Waals surface area contributed by atoms with Gasteiger partial charge in [0.15, 0.2) is 5.96 Å². The lowest BCUT2D eigenvalue weighted by Crippen LogP contribution is -2.42. The highest BCUT2D eigenvalue weighted by molar-refractivity contribution is 14.0. The van der Waals surface area contributed by atoms with E-state index in [-0.39, 0.29) is 24.0 Å². The number of guanidine groups is 1. The zero-order valence-electron chi connectivity index (χ0n) is 13.6. The average molecular weight is 421 g/mol. The molecule has 7 heteroatoms. The molecule has 1 aromatic heterocycles. The second-order valence-corrected chi connectivity index (χ2v) is 5.58. The van der Waals surface area contributed by atoms with Crippen molar-refractivity contribution < 1.29 is 4.52 Å². The molecule has 1 aromatic rings. The van der Waals surface area contributed by atoms with Gasteiger partial charge in [-0.1, -0.05) is 18.0 Å². The second kappa shape index (κ2) is 10.8. The van der Waals surface area contributed by atoms with Crippen molar-refractivity contribution in [3.05, 3.63) is 18.0 Å². The predicted molar refractivity (Wildman–Crippen MR) is 99.7 cm³/mol. The predicted octanol–water partition coefficient (Wildman–Crippen LogP) is 2.18. The third-order valence-corrected chi connectivity index (χ3v) is 3.87. The molecule has 0 amide bonds. The summed E-state index contributed by atoms with van der Waals surface area (Å²) in [7, 11) is 3.82. The van der Waals surface area contributed by atoms with Gasteiger partial charge in [0.1, 0.15) is 12.0 Å². The average Bonchev–Trinajstić information content (AvgIpc) is 2.85. The van der Waals surface area contributed by atoms with Crippen LogP contribution in [0.25, 0.3) is 0 Å². The largest absolute Gasteiger partial charge is 0.364 e. The van der Waals surface area contributed by atoms with Gasteiger partial charge in [-0.2, -0.15) is 0 Å². The first-order chi connectivity index (χ1) is 10.3. The summed E-state index contributed by atoms with van der Waals surface area (Å²) in [5, 5.41) is 7.35. The first-order valence-corrected chi connectivity index (χ1v) is 7.83. The number of hydrogen-bond donors (Lipinski definition) is 1. The Morgan fingerprint density at radius 3 is 2.68 bits per heavy atom. The standard InChI is InChI=1S/C15H27N5O.HI/c1-16-15(19(2)13-14-7-12-21-18-14)17-8-11-20-9-5-3-4-6-10-20;/h7,12H,3-6,8-11,13H2,1-2H3,(H,16,17);1H. The smallest absolute Gasteiger partial charge is 0.193 e. The molecule has 1 aliphatic rings. The van der Waals surface area contributed by atoms with Gasteiger partial charge < -0.3 is 19.6 Å². The molecule has 6 nitrogen and oxygen atoms in total. The molecule has 2 heterocycles. The van der Waals surface area contributed by atoms with Gasteiger partial charge >= 0.3 is 0 Å². The maximum absolute atomic E-state index is 4.86. The van der Waals surface area contributed by atoms with Crippen LogP contribution in [0.5, 0.6) is 0 Å². The Bertz CT molecular complexity index is 416. The Hall–Kier alpha value is -0.830. The first kappa shape index (κ1) is 19.2. The molecule has 0 unspecified atom stereocenters. The fourth-order valence-electron chi connectivity index (χ4n) is 2.71. The molecule has 22 heavy (non-hydrogen) atoms. The third kappa shape index (κ3) is 6.51. The quantitative estimate of drug-likeness (QED) is 0.449. The van der Waals surface area contributed by atoms with Crippen molar-refractivity contribution in [3.63, 3.8) is 0 Å². The lowest BCUT2D eigenvalue weighted by atomic mass is 10.2. The number of hydrogen-bond acceptors (Lipinski definition) is 4. The van der Waals surface area contributed by atoms with E-state index in [0.29, 0.717) is 6.54 Å². The number of aromatic nitrogens is 1. The van der Waals surface area contributed by atoms with Gasteiger partial charge in [-0.25, -0.2) is 0 Å². The molecule has 2 rings (SSSR count). The molecule has 126 valence electrons. The normalized spacial score (nSPS) is 16.7. The summed E-state index contributed by atoms with van der Waals surface area (Å²) in [5.74, 6) is 0.896. The Balaban J connectivity index is 0.00000242. The zero-order chi connectivity index (χ0) is 14.9. The van der Waals surface area contributed by atoms with Gasteiger partial charge in [-0.15, -0.1) is 24.0 Å². The van der Waals surface area contributed by atoms with E-state index in [0.717, 1.165) is 24.7 Å². The fourth-order valence-corrected chi connectivity index (χ4v) is 2.71. The van der Waals surface area contributed by atoms with Crippen molar-refractivity contribution in [1.29, 1.82) is 0 Å². The Labute approximate surface area is 150 Å². The van der Waals surface area contributed by atoms with Crippen molar-refractivity contribution in [2.75, 3.05) is 40.3 Å². The van der Waals surface area contributed by atoms with Crippen LogP contribution in [0.4, 0.5) is 0 Å². The molecule has 0 aliphatic carbocycles. The van der Waals surface area contributed by atoms with E-state index in [1.807, 2.05) is 20.2 Å².